The Balaban J connectivity index is 1.66. The van der Waals surface area contributed by atoms with Crippen LogP contribution in [0.5, 0.6) is 0 Å². The van der Waals surface area contributed by atoms with E-state index < -0.39 is 18.0 Å². The highest BCUT2D eigenvalue weighted by atomic mass is 32.2. The Hall–Kier alpha value is -2.62. The van der Waals surface area contributed by atoms with Crippen LogP contribution in [0.4, 0.5) is 14.9 Å². The Bertz CT molecular complexity index is 894. The van der Waals surface area contributed by atoms with Crippen molar-refractivity contribution in [2.24, 2.45) is 5.73 Å². The van der Waals surface area contributed by atoms with Crippen molar-refractivity contribution in [2.75, 3.05) is 30.3 Å². The Morgan fingerprint density at radius 1 is 1.30 bits per heavy atom. The van der Waals surface area contributed by atoms with Gasteiger partial charge in [0.25, 0.3) is 0 Å². The highest BCUT2D eigenvalue weighted by Crippen LogP contribution is 2.29. The molecule has 1 atom stereocenters. The second-order valence-corrected chi connectivity index (χ2v) is 7.89. The van der Waals surface area contributed by atoms with Gasteiger partial charge in [0.05, 0.1) is 25.3 Å². The standard InChI is InChI=1S/C21H25FN4O3S/c1-2-30-25-11-14-3-5-15(6-4-14)18-8-7-16(9-19(18)22)26-13-17(29-21(26)28)12-24-20(27)10-23/h3-9,17,25H,2,10-13,23H2,1H3,(H,24,27). The second-order valence-electron chi connectivity index (χ2n) is 6.74. The fourth-order valence-electron chi connectivity index (χ4n) is 3.08. The van der Waals surface area contributed by atoms with Gasteiger partial charge in [-0.2, -0.15) is 0 Å². The Morgan fingerprint density at radius 2 is 2.07 bits per heavy atom. The fraction of sp³-hybridized carbons (Fsp3) is 0.333. The molecule has 9 heteroatoms. The summed E-state index contributed by atoms with van der Waals surface area (Å²) in [4.78, 5) is 24.8. The summed E-state index contributed by atoms with van der Waals surface area (Å²) in [5.74, 6) is 0.238. The van der Waals surface area contributed by atoms with Crippen LogP contribution in [0.25, 0.3) is 11.1 Å². The summed E-state index contributed by atoms with van der Waals surface area (Å²) in [6, 6.07) is 12.4. The summed E-state index contributed by atoms with van der Waals surface area (Å²) in [7, 11) is 0. The minimum Gasteiger partial charge on any atom is -0.442 e. The molecular weight excluding hydrogens is 407 g/mol. The van der Waals surface area contributed by atoms with E-state index in [-0.39, 0.29) is 25.5 Å². The zero-order chi connectivity index (χ0) is 21.5. The molecule has 0 radical (unpaired) electrons. The van der Waals surface area contributed by atoms with Crippen LogP contribution in [0.2, 0.25) is 0 Å². The van der Waals surface area contributed by atoms with Gasteiger partial charge in [-0.3, -0.25) is 14.4 Å². The van der Waals surface area contributed by atoms with Crippen molar-refractivity contribution in [3.63, 3.8) is 0 Å². The molecule has 0 saturated carbocycles. The molecule has 0 spiro atoms. The zero-order valence-corrected chi connectivity index (χ0v) is 17.5. The molecule has 2 amide bonds. The summed E-state index contributed by atoms with van der Waals surface area (Å²) in [5.41, 5.74) is 7.98. The van der Waals surface area contributed by atoms with E-state index in [0.717, 1.165) is 23.4 Å². The SMILES string of the molecule is CCSNCc1ccc(-c2ccc(N3CC(CNC(=O)CN)OC3=O)cc2F)cc1. The largest absolute Gasteiger partial charge is 0.442 e. The molecule has 1 saturated heterocycles. The van der Waals surface area contributed by atoms with Gasteiger partial charge in [-0.1, -0.05) is 43.1 Å². The number of carbonyl (C=O) groups excluding carboxylic acids is 2. The number of rotatable bonds is 9. The number of amides is 2. The highest BCUT2D eigenvalue weighted by molar-refractivity contribution is 7.97. The molecular formula is C21H25FN4O3S. The lowest BCUT2D eigenvalue weighted by atomic mass is 10.0. The maximum Gasteiger partial charge on any atom is 0.414 e. The lowest BCUT2D eigenvalue weighted by molar-refractivity contribution is -0.120. The lowest BCUT2D eigenvalue weighted by Crippen LogP contribution is -2.37. The molecule has 0 bridgehead atoms. The number of carbonyl (C=O) groups is 2. The van der Waals surface area contributed by atoms with Crippen LogP contribution in [0.3, 0.4) is 0 Å². The van der Waals surface area contributed by atoms with Gasteiger partial charge in [-0.15, -0.1) is 0 Å². The number of hydrogen-bond donors (Lipinski definition) is 3. The van der Waals surface area contributed by atoms with Crippen LogP contribution in [0.1, 0.15) is 12.5 Å². The van der Waals surface area contributed by atoms with Crippen molar-refractivity contribution in [1.29, 1.82) is 0 Å². The lowest BCUT2D eigenvalue weighted by Gasteiger charge is -2.15. The molecule has 1 fully saturated rings. The molecule has 2 aromatic rings. The first-order valence-corrected chi connectivity index (χ1v) is 10.7. The van der Waals surface area contributed by atoms with Gasteiger partial charge >= 0.3 is 6.09 Å². The topological polar surface area (TPSA) is 96.7 Å². The molecule has 160 valence electrons. The third-order valence-electron chi connectivity index (χ3n) is 4.64. The first kappa shape index (κ1) is 22.1. The summed E-state index contributed by atoms with van der Waals surface area (Å²) in [5, 5.41) is 2.58. The van der Waals surface area contributed by atoms with Crippen molar-refractivity contribution in [3.8, 4) is 11.1 Å². The molecule has 4 N–H and O–H groups in total. The van der Waals surface area contributed by atoms with Gasteiger partial charge in [-0.05, 0) is 29.3 Å². The predicted octanol–water partition coefficient (Wildman–Crippen LogP) is 2.65. The van der Waals surface area contributed by atoms with E-state index in [1.807, 2.05) is 24.3 Å². The molecule has 2 aromatic carbocycles. The van der Waals surface area contributed by atoms with Crippen LogP contribution in [-0.2, 0) is 16.1 Å². The number of halogens is 1. The van der Waals surface area contributed by atoms with E-state index in [1.165, 1.54) is 11.0 Å². The fourth-order valence-corrected chi connectivity index (χ4v) is 3.56. The van der Waals surface area contributed by atoms with E-state index in [1.54, 1.807) is 24.1 Å². The average Bonchev–Trinajstić information content (AvgIpc) is 3.13. The smallest absolute Gasteiger partial charge is 0.414 e. The first-order chi connectivity index (χ1) is 14.5. The molecule has 3 rings (SSSR count). The average molecular weight is 433 g/mol. The minimum absolute atomic E-state index is 0.133. The van der Waals surface area contributed by atoms with E-state index in [2.05, 4.69) is 17.0 Å². The van der Waals surface area contributed by atoms with Crippen LogP contribution >= 0.6 is 11.9 Å². The number of hydrogen-bond acceptors (Lipinski definition) is 6. The monoisotopic (exact) mass is 432 g/mol. The molecule has 7 nitrogen and oxygen atoms in total. The minimum atomic E-state index is -0.573. The normalized spacial score (nSPS) is 15.9. The number of nitrogens with two attached hydrogens (primary N) is 1. The summed E-state index contributed by atoms with van der Waals surface area (Å²) in [6.45, 7) is 3.07. The maximum absolute atomic E-state index is 14.8. The summed E-state index contributed by atoms with van der Waals surface area (Å²) >= 11 is 1.65. The number of anilines is 1. The molecule has 1 aliphatic rings. The molecule has 1 aliphatic heterocycles. The van der Waals surface area contributed by atoms with Gasteiger partial charge in [0.2, 0.25) is 5.91 Å². The van der Waals surface area contributed by atoms with Gasteiger partial charge < -0.3 is 15.8 Å². The highest BCUT2D eigenvalue weighted by Gasteiger charge is 2.32. The summed E-state index contributed by atoms with van der Waals surface area (Å²) in [6.07, 6.45) is -1.08. The van der Waals surface area contributed by atoms with Gasteiger partial charge in [0, 0.05) is 17.9 Å². The molecule has 0 aromatic heterocycles. The second kappa shape index (κ2) is 10.4. The quantitative estimate of drug-likeness (QED) is 0.416. The van der Waals surface area contributed by atoms with Crippen LogP contribution in [0, 0.1) is 5.82 Å². The molecule has 0 aliphatic carbocycles. The molecule has 1 unspecified atom stereocenters. The predicted molar refractivity (Wildman–Crippen MR) is 116 cm³/mol. The van der Waals surface area contributed by atoms with E-state index in [0.29, 0.717) is 11.3 Å². The van der Waals surface area contributed by atoms with Gasteiger partial charge in [-0.25, -0.2) is 9.18 Å². The van der Waals surface area contributed by atoms with Crippen molar-refractivity contribution in [3.05, 3.63) is 53.8 Å². The van der Waals surface area contributed by atoms with E-state index in [4.69, 9.17) is 10.5 Å². The van der Waals surface area contributed by atoms with Crippen molar-refractivity contribution in [1.82, 2.24) is 10.0 Å². The van der Waals surface area contributed by atoms with Gasteiger partial charge in [0.15, 0.2) is 0 Å². The van der Waals surface area contributed by atoms with Gasteiger partial charge in [0.1, 0.15) is 11.9 Å². The maximum atomic E-state index is 14.8. The number of nitrogens with zero attached hydrogens (tertiary/aromatic N) is 1. The summed E-state index contributed by atoms with van der Waals surface area (Å²) < 4.78 is 23.3. The van der Waals surface area contributed by atoms with E-state index >= 15 is 0 Å². The van der Waals surface area contributed by atoms with Crippen molar-refractivity contribution in [2.45, 2.75) is 19.6 Å². The first-order valence-electron chi connectivity index (χ1n) is 9.70. The van der Waals surface area contributed by atoms with E-state index in [9.17, 15) is 14.0 Å². The molecule has 1 heterocycles. The van der Waals surface area contributed by atoms with Crippen LogP contribution in [-0.4, -0.2) is 43.5 Å². The number of benzene rings is 2. The Kier molecular flexibility index (Phi) is 7.67. The Morgan fingerprint density at radius 3 is 2.73 bits per heavy atom. The van der Waals surface area contributed by atoms with Crippen molar-refractivity contribution >= 4 is 29.6 Å². The number of nitrogens with one attached hydrogen (secondary N) is 2. The molecule has 30 heavy (non-hydrogen) atoms. The number of ether oxygens (including phenoxy) is 1. The zero-order valence-electron chi connectivity index (χ0n) is 16.7. The van der Waals surface area contributed by atoms with Crippen LogP contribution in [0.15, 0.2) is 42.5 Å². The third-order valence-corrected chi connectivity index (χ3v) is 5.28. The number of cyclic esters (lactones) is 1. The third kappa shape index (κ3) is 5.50. The van der Waals surface area contributed by atoms with Crippen LogP contribution < -0.4 is 20.7 Å². The van der Waals surface area contributed by atoms with Crippen molar-refractivity contribution < 1.29 is 18.7 Å². The Labute approximate surface area is 179 Å².